The maximum atomic E-state index is 13.0. The van der Waals surface area contributed by atoms with Crippen LogP contribution in [0.1, 0.15) is 48.0 Å². The number of sulfonamides is 1. The molecule has 0 unspecified atom stereocenters. The van der Waals surface area contributed by atoms with Gasteiger partial charge in [-0.2, -0.15) is 0 Å². The molecular weight excluding hydrogens is 400 g/mol. The standard InChI is InChI=1S/C23H30N2O4S/c1-18-8-5-10-20(16-18)25(2)30(27,28)22-13-6-9-19(17-22)23(26)24-14-7-15-29-21-11-3-4-12-21/h5-6,8-10,13,16-17,21H,3-4,7,11-12,14-15H2,1-2H3,(H,24,26). The molecule has 1 saturated carbocycles. The maximum Gasteiger partial charge on any atom is 0.264 e. The summed E-state index contributed by atoms with van der Waals surface area (Å²) >= 11 is 0. The number of carbonyl (C=O) groups is 1. The Morgan fingerprint density at radius 1 is 1.13 bits per heavy atom. The molecule has 1 aliphatic rings. The second-order valence-electron chi connectivity index (χ2n) is 7.73. The van der Waals surface area contributed by atoms with Crippen LogP contribution in [-0.2, 0) is 14.8 Å². The fourth-order valence-electron chi connectivity index (χ4n) is 3.60. The van der Waals surface area contributed by atoms with Crippen LogP contribution in [0.25, 0.3) is 0 Å². The lowest BCUT2D eigenvalue weighted by Gasteiger charge is -2.20. The first kappa shape index (κ1) is 22.3. The van der Waals surface area contributed by atoms with Crippen molar-refractivity contribution >= 4 is 21.6 Å². The summed E-state index contributed by atoms with van der Waals surface area (Å²) in [4.78, 5) is 12.6. The highest BCUT2D eigenvalue weighted by atomic mass is 32.2. The molecule has 2 aromatic rings. The summed E-state index contributed by atoms with van der Waals surface area (Å²) in [6, 6.07) is 13.4. The Morgan fingerprint density at radius 3 is 2.60 bits per heavy atom. The first-order valence-electron chi connectivity index (χ1n) is 10.4. The zero-order valence-electron chi connectivity index (χ0n) is 17.6. The summed E-state index contributed by atoms with van der Waals surface area (Å²) in [6.07, 6.45) is 5.83. The molecule has 0 spiro atoms. The van der Waals surface area contributed by atoms with E-state index in [1.54, 1.807) is 18.2 Å². The van der Waals surface area contributed by atoms with E-state index < -0.39 is 10.0 Å². The molecule has 1 aliphatic carbocycles. The van der Waals surface area contributed by atoms with Gasteiger partial charge in [-0.05, 0) is 62.1 Å². The Morgan fingerprint density at radius 2 is 1.87 bits per heavy atom. The fraction of sp³-hybridized carbons (Fsp3) is 0.435. The number of carbonyl (C=O) groups excluding carboxylic acids is 1. The lowest BCUT2D eigenvalue weighted by molar-refractivity contribution is 0.0565. The second-order valence-corrected chi connectivity index (χ2v) is 9.70. The normalized spacial score (nSPS) is 14.6. The van der Waals surface area contributed by atoms with Crippen LogP contribution < -0.4 is 9.62 Å². The number of nitrogens with zero attached hydrogens (tertiary/aromatic N) is 1. The third kappa shape index (κ3) is 5.61. The Kier molecular flexibility index (Phi) is 7.50. The lowest BCUT2D eigenvalue weighted by atomic mass is 10.2. The number of rotatable bonds is 9. The molecule has 0 aliphatic heterocycles. The average Bonchev–Trinajstić information content (AvgIpc) is 3.26. The summed E-state index contributed by atoms with van der Waals surface area (Å²) in [6.45, 7) is 3.03. The molecule has 7 heteroatoms. The molecule has 0 atom stereocenters. The van der Waals surface area contributed by atoms with Gasteiger partial charge in [0, 0.05) is 25.8 Å². The SMILES string of the molecule is Cc1cccc(N(C)S(=O)(=O)c2cccc(C(=O)NCCCOC3CCCC3)c2)c1. The van der Waals surface area contributed by atoms with Crippen molar-refractivity contribution in [3.63, 3.8) is 0 Å². The van der Waals surface area contributed by atoms with Crippen molar-refractivity contribution in [2.75, 3.05) is 24.5 Å². The van der Waals surface area contributed by atoms with E-state index in [0.29, 0.717) is 30.5 Å². The number of nitrogens with one attached hydrogen (secondary N) is 1. The third-order valence-electron chi connectivity index (χ3n) is 5.38. The molecule has 0 heterocycles. The number of hydrogen-bond acceptors (Lipinski definition) is 4. The first-order chi connectivity index (χ1) is 14.4. The van der Waals surface area contributed by atoms with Crippen LogP contribution in [0.3, 0.4) is 0 Å². The summed E-state index contributed by atoms with van der Waals surface area (Å²) < 4.78 is 33.1. The predicted molar refractivity (Wildman–Crippen MR) is 118 cm³/mol. The first-order valence-corrected chi connectivity index (χ1v) is 11.9. The van der Waals surface area contributed by atoms with Crippen LogP contribution in [0.5, 0.6) is 0 Å². The van der Waals surface area contributed by atoms with Gasteiger partial charge < -0.3 is 10.1 Å². The molecule has 3 rings (SSSR count). The Balaban J connectivity index is 1.59. The molecule has 0 bridgehead atoms. The molecule has 1 amide bonds. The van der Waals surface area contributed by atoms with Gasteiger partial charge in [0.1, 0.15) is 0 Å². The van der Waals surface area contributed by atoms with Gasteiger partial charge in [0.25, 0.3) is 15.9 Å². The lowest BCUT2D eigenvalue weighted by Crippen LogP contribution is -2.28. The van der Waals surface area contributed by atoms with Gasteiger partial charge in [0.05, 0.1) is 16.7 Å². The summed E-state index contributed by atoms with van der Waals surface area (Å²) in [5.41, 5.74) is 1.87. The van der Waals surface area contributed by atoms with Gasteiger partial charge in [-0.1, -0.05) is 31.0 Å². The zero-order valence-corrected chi connectivity index (χ0v) is 18.5. The largest absolute Gasteiger partial charge is 0.378 e. The molecule has 1 fully saturated rings. The van der Waals surface area contributed by atoms with Crippen LogP contribution in [0.4, 0.5) is 5.69 Å². The Hall–Kier alpha value is -2.38. The summed E-state index contributed by atoms with van der Waals surface area (Å²) in [5.74, 6) is -0.286. The van der Waals surface area contributed by atoms with Gasteiger partial charge in [-0.15, -0.1) is 0 Å². The molecule has 2 aromatic carbocycles. The van der Waals surface area contributed by atoms with Crippen molar-refractivity contribution in [1.29, 1.82) is 0 Å². The maximum absolute atomic E-state index is 13.0. The zero-order chi connectivity index (χ0) is 21.6. The number of benzene rings is 2. The van der Waals surface area contributed by atoms with Crippen molar-refractivity contribution < 1.29 is 17.9 Å². The number of hydrogen-bond donors (Lipinski definition) is 1. The number of aryl methyl sites for hydroxylation is 1. The van der Waals surface area contributed by atoms with Crippen LogP contribution in [0.2, 0.25) is 0 Å². The van der Waals surface area contributed by atoms with E-state index >= 15 is 0 Å². The van der Waals surface area contributed by atoms with E-state index in [0.717, 1.165) is 24.8 Å². The summed E-state index contributed by atoms with van der Waals surface area (Å²) in [5, 5.41) is 2.84. The van der Waals surface area contributed by atoms with Gasteiger partial charge >= 0.3 is 0 Å². The minimum Gasteiger partial charge on any atom is -0.378 e. The summed E-state index contributed by atoms with van der Waals surface area (Å²) in [7, 11) is -2.26. The molecule has 6 nitrogen and oxygen atoms in total. The second kappa shape index (κ2) is 10.1. The molecule has 0 aromatic heterocycles. The van der Waals surface area contributed by atoms with Gasteiger partial charge in [0.15, 0.2) is 0 Å². The van der Waals surface area contributed by atoms with Crippen LogP contribution in [0, 0.1) is 6.92 Å². The predicted octanol–water partition coefficient (Wildman–Crippen LogP) is 3.90. The average molecular weight is 431 g/mol. The van der Waals surface area contributed by atoms with Crippen LogP contribution in [-0.4, -0.2) is 40.6 Å². The molecule has 162 valence electrons. The molecule has 1 N–H and O–H groups in total. The van der Waals surface area contributed by atoms with E-state index in [1.807, 2.05) is 25.1 Å². The smallest absolute Gasteiger partial charge is 0.264 e. The number of ether oxygens (including phenoxy) is 1. The van der Waals surface area contributed by atoms with E-state index in [2.05, 4.69) is 5.32 Å². The van der Waals surface area contributed by atoms with Crippen molar-refractivity contribution in [2.45, 2.75) is 50.0 Å². The van der Waals surface area contributed by atoms with Gasteiger partial charge in [0.2, 0.25) is 0 Å². The van der Waals surface area contributed by atoms with Crippen molar-refractivity contribution in [3.05, 3.63) is 59.7 Å². The molecule has 30 heavy (non-hydrogen) atoms. The van der Waals surface area contributed by atoms with Gasteiger partial charge in [-0.25, -0.2) is 8.42 Å². The molecular formula is C23H30N2O4S. The minimum absolute atomic E-state index is 0.0868. The van der Waals surface area contributed by atoms with Crippen molar-refractivity contribution in [3.8, 4) is 0 Å². The molecule has 0 radical (unpaired) electrons. The van der Waals surface area contributed by atoms with E-state index in [9.17, 15) is 13.2 Å². The number of anilines is 1. The van der Waals surface area contributed by atoms with Crippen LogP contribution in [0.15, 0.2) is 53.4 Å². The van der Waals surface area contributed by atoms with E-state index in [4.69, 9.17) is 4.74 Å². The quantitative estimate of drug-likeness (QED) is 0.612. The van der Waals surface area contributed by atoms with E-state index in [-0.39, 0.29) is 10.8 Å². The van der Waals surface area contributed by atoms with Crippen molar-refractivity contribution in [2.24, 2.45) is 0 Å². The van der Waals surface area contributed by atoms with Gasteiger partial charge in [-0.3, -0.25) is 9.10 Å². The topological polar surface area (TPSA) is 75.7 Å². The number of amides is 1. The van der Waals surface area contributed by atoms with Crippen molar-refractivity contribution in [1.82, 2.24) is 5.32 Å². The third-order valence-corrected chi connectivity index (χ3v) is 7.16. The molecule has 0 saturated heterocycles. The Bertz CT molecular complexity index is 969. The highest BCUT2D eigenvalue weighted by Gasteiger charge is 2.22. The van der Waals surface area contributed by atoms with Crippen LogP contribution >= 0.6 is 0 Å². The fourth-order valence-corrected chi connectivity index (χ4v) is 4.83. The monoisotopic (exact) mass is 430 g/mol. The highest BCUT2D eigenvalue weighted by molar-refractivity contribution is 7.92. The van der Waals surface area contributed by atoms with E-state index in [1.165, 1.54) is 36.3 Å². The highest BCUT2D eigenvalue weighted by Crippen LogP contribution is 2.23. The Labute approximate surface area is 179 Å². The minimum atomic E-state index is -3.77.